The van der Waals surface area contributed by atoms with Crippen LogP contribution in [0.4, 0.5) is 0 Å². The second-order valence-corrected chi connectivity index (χ2v) is 9.06. The highest BCUT2D eigenvalue weighted by atomic mass is 32.2. The van der Waals surface area contributed by atoms with Crippen LogP contribution in [0.2, 0.25) is 0 Å². The zero-order chi connectivity index (χ0) is 18.5. The van der Waals surface area contributed by atoms with Gasteiger partial charge in [-0.05, 0) is 30.5 Å². The van der Waals surface area contributed by atoms with Crippen LogP contribution in [0.1, 0.15) is 32.3 Å². The van der Waals surface area contributed by atoms with Crippen LogP contribution in [0.15, 0.2) is 29.2 Å². The second-order valence-electron chi connectivity index (χ2n) is 7.50. The number of carbonyl (C=O) groups excluding carboxylic acids is 1. The highest BCUT2D eigenvalue weighted by Gasteiger charge is 2.70. The fraction of sp³-hybridized carbons (Fsp3) is 0.588. The van der Waals surface area contributed by atoms with Crippen LogP contribution >= 0.6 is 0 Å². The van der Waals surface area contributed by atoms with Crippen molar-refractivity contribution in [3.05, 3.63) is 29.8 Å². The fourth-order valence-electron chi connectivity index (χ4n) is 4.16. The number of primary sulfonamides is 1. The zero-order valence-corrected chi connectivity index (χ0v) is 15.3. The van der Waals surface area contributed by atoms with Crippen molar-refractivity contribution in [1.82, 2.24) is 5.32 Å². The van der Waals surface area contributed by atoms with Gasteiger partial charge in [0, 0.05) is 24.5 Å². The number of sulfonamides is 1. The van der Waals surface area contributed by atoms with Gasteiger partial charge in [0.15, 0.2) is 0 Å². The summed E-state index contributed by atoms with van der Waals surface area (Å²) in [4.78, 5) is 12.9. The summed E-state index contributed by atoms with van der Waals surface area (Å²) in [5.41, 5.74) is 5.92. The molecule has 1 saturated carbocycles. The van der Waals surface area contributed by atoms with Crippen molar-refractivity contribution < 1.29 is 17.9 Å². The minimum atomic E-state index is -3.72. The molecule has 0 spiro atoms. The smallest absolute Gasteiger partial charge is 0.241 e. The van der Waals surface area contributed by atoms with Gasteiger partial charge >= 0.3 is 0 Å². The van der Waals surface area contributed by atoms with Crippen molar-refractivity contribution in [2.75, 3.05) is 6.61 Å². The highest BCUT2D eigenvalue weighted by Crippen LogP contribution is 2.57. The lowest BCUT2D eigenvalue weighted by Gasteiger charge is -2.65. The molecular formula is C17H25N3O4S. The molecular weight excluding hydrogens is 342 g/mol. The maximum absolute atomic E-state index is 12.8. The molecule has 0 radical (unpaired) electrons. The van der Waals surface area contributed by atoms with Gasteiger partial charge in [-0.25, -0.2) is 13.6 Å². The van der Waals surface area contributed by atoms with Crippen LogP contribution < -0.4 is 16.2 Å². The highest BCUT2D eigenvalue weighted by molar-refractivity contribution is 7.89. The maximum atomic E-state index is 12.8. The van der Waals surface area contributed by atoms with E-state index in [0.717, 1.165) is 25.0 Å². The van der Waals surface area contributed by atoms with E-state index in [1.165, 1.54) is 12.1 Å². The molecule has 3 unspecified atom stereocenters. The van der Waals surface area contributed by atoms with E-state index in [9.17, 15) is 13.2 Å². The monoisotopic (exact) mass is 367 g/mol. The van der Waals surface area contributed by atoms with Gasteiger partial charge in [0.25, 0.3) is 0 Å². The number of amides is 1. The molecule has 3 rings (SSSR count). The van der Waals surface area contributed by atoms with Crippen LogP contribution in [0.25, 0.3) is 0 Å². The lowest BCUT2D eigenvalue weighted by atomic mass is 9.46. The maximum Gasteiger partial charge on any atom is 0.241 e. The van der Waals surface area contributed by atoms with E-state index in [1.807, 2.05) is 13.8 Å². The number of nitrogens with one attached hydrogen (secondary N) is 1. The van der Waals surface area contributed by atoms with Gasteiger partial charge in [0.1, 0.15) is 5.54 Å². The molecule has 1 saturated heterocycles. The van der Waals surface area contributed by atoms with Crippen LogP contribution in [0, 0.1) is 11.3 Å². The van der Waals surface area contributed by atoms with Crippen molar-refractivity contribution in [2.24, 2.45) is 22.2 Å². The van der Waals surface area contributed by atoms with E-state index in [4.69, 9.17) is 15.6 Å². The molecule has 1 aliphatic carbocycles. The molecule has 3 atom stereocenters. The fourth-order valence-corrected chi connectivity index (χ4v) is 4.68. The lowest BCUT2D eigenvalue weighted by molar-refractivity contribution is -0.225. The topological polar surface area (TPSA) is 125 Å². The first-order valence-corrected chi connectivity index (χ1v) is 9.93. The molecule has 138 valence electrons. The Bertz CT molecular complexity index is 776. The molecule has 2 aliphatic rings. The van der Waals surface area contributed by atoms with E-state index in [2.05, 4.69) is 5.32 Å². The lowest BCUT2D eigenvalue weighted by Crippen LogP contribution is -2.82. The minimum Gasteiger partial charge on any atom is -0.377 e. The summed E-state index contributed by atoms with van der Waals surface area (Å²) in [5.74, 6) is -0.166. The molecule has 5 N–H and O–H groups in total. The summed E-state index contributed by atoms with van der Waals surface area (Å²) in [6.07, 6.45) is 1.82. The number of fused-ring (bicyclic) bond motifs is 1. The Morgan fingerprint density at radius 2 is 1.96 bits per heavy atom. The first-order valence-electron chi connectivity index (χ1n) is 8.39. The largest absolute Gasteiger partial charge is 0.377 e. The van der Waals surface area contributed by atoms with E-state index >= 15 is 0 Å². The Balaban J connectivity index is 1.68. The Morgan fingerprint density at radius 3 is 2.56 bits per heavy atom. The number of benzene rings is 1. The van der Waals surface area contributed by atoms with Gasteiger partial charge in [0.2, 0.25) is 15.9 Å². The molecule has 7 nitrogen and oxygen atoms in total. The Labute approximate surface area is 148 Å². The summed E-state index contributed by atoms with van der Waals surface area (Å²) in [5, 5.41) is 7.97. The molecule has 1 amide bonds. The molecule has 1 aromatic carbocycles. The van der Waals surface area contributed by atoms with E-state index in [-0.39, 0.29) is 29.4 Å². The number of hydrogen-bond acceptors (Lipinski definition) is 5. The second kappa shape index (κ2) is 6.05. The van der Waals surface area contributed by atoms with Crippen LogP contribution in [0.3, 0.4) is 0 Å². The molecule has 25 heavy (non-hydrogen) atoms. The van der Waals surface area contributed by atoms with Gasteiger partial charge < -0.3 is 15.8 Å². The van der Waals surface area contributed by atoms with Crippen LogP contribution in [0.5, 0.6) is 0 Å². The average molecular weight is 367 g/mol. The van der Waals surface area contributed by atoms with Gasteiger partial charge in [-0.15, -0.1) is 0 Å². The van der Waals surface area contributed by atoms with Gasteiger partial charge in [-0.1, -0.05) is 26.0 Å². The Morgan fingerprint density at radius 1 is 1.32 bits per heavy atom. The van der Waals surface area contributed by atoms with Crippen LogP contribution in [-0.2, 0) is 26.1 Å². The number of rotatable bonds is 4. The molecule has 1 aromatic rings. The SMILES string of the molecule is CC1(C)C2OCCCC2C1(N)C(=O)NCc1ccc(S(N)(=O)=O)cc1. The molecule has 8 heteroatoms. The van der Waals surface area contributed by atoms with E-state index < -0.39 is 21.0 Å². The summed E-state index contributed by atoms with van der Waals surface area (Å²) < 4.78 is 28.4. The summed E-state index contributed by atoms with van der Waals surface area (Å²) >= 11 is 0. The average Bonchev–Trinajstić information content (AvgIpc) is 2.58. The molecule has 2 fully saturated rings. The molecule has 0 aromatic heterocycles. The van der Waals surface area contributed by atoms with Crippen LogP contribution in [-0.4, -0.2) is 32.6 Å². The van der Waals surface area contributed by atoms with Crippen molar-refractivity contribution >= 4 is 15.9 Å². The number of nitrogens with two attached hydrogens (primary N) is 2. The first kappa shape index (κ1) is 18.3. The number of ether oxygens (including phenoxy) is 1. The molecule has 1 heterocycles. The summed E-state index contributed by atoms with van der Waals surface area (Å²) in [6.45, 7) is 4.94. The van der Waals surface area contributed by atoms with Crippen molar-refractivity contribution in [2.45, 2.75) is 49.8 Å². The predicted molar refractivity (Wildman–Crippen MR) is 92.8 cm³/mol. The third kappa shape index (κ3) is 2.87. The Kier molecular flexibility index (Phi) is 4.43. The first-order chi connectivity index (χ1) is 11.6. The number of hydrogen-bond donors (Lipinski definition) is 3. The quantitative estimate of drug-likeness (QED) is 0.714. The van der Waals surface area contributed by atoms with Crippen molar-refractivity contribution in [1.29, 1.82) is 0 Å². The third-order valence-electron chi connectivity index (χ3n) is 5.77. The summed E-state index contributed by atoms with van der Waals surface area (Å²) in [7, 11) is -3.72. The predicted octanol–water partition coefficient (Wildman–Crippen LogP) is 0.483. The standard InChI is InChI=1S/C17H25N3O4S/c1-16(2)14-13(4-3-9-24-14)17(16,18)15(21)20-10-11-5-7-12(8-6-11)25(19,22)23/h5-8,13-14H,3-4,9-10,18H2,1-2H3,(H,20,21)(H2,19,22,23). The van der Waals surface area contributed by atoms with E-state index in [1.54, 1.807) is 12.1 Å². The van der Waals surface area contributed by atoms with E-state index in [0.29, 0.717) is 0 Å². The minimum absolute atomic E-state index is 0.0195. The van der Waals surface area contributed by atoms with Gasteiger partial charge in [0.05, 0.1) is 11.0 Å². The number of carbonyl (C=O) groups is 1. The zero-order valence-electron chi connectivity index (χ0n) is 14.5. The van der Waals surface area contributed by atoms with Crippen molar-refractivity contribution in [3.8, 4) is 0 Å². The molecule has 1 aliphatic heterocycles. The van der Waals surface area contributed by atoms with Gasteiger partial charge in [-0.2, -0.15) is 0 Å². The normalized spacial score (nSPS) is 30.9. The summed E-state index contributed by atoms with van der Waals surface area (Å²) in [6, 6.07) is 6.10. The third-order valence-corrected chi connectivity index (χ3v) is 6.69. The Hall–Kier alpha value is -1.48. The van der Waals surface area contributed by atoms with Crippen molar-refractivity contribution in [3.63, 3.8) is 0 Å². The molecule has 0 bridgehead atoms. The van der Waals surface area contributed by atoms with Gasteiger partial charge in [-0.3, -0.25) is 4.79 Å².